The van der Waals surface area contributed by atoms with Crippen LogP contribution in [0.15, 0.2) is 79.1 Å². The quantitative estimate of drug-likeness (QED) is 0.269. The molecular formula is C21H16N2O4. The zero-order chi connectivity index (χ0) is 19.1. The van der Waals surface area contributed by atoms with Gasteiger partial charge < -0.3 is 4.74 Å². The number of pyridine rings is 1. The maximum absolute atomic E-state index is 12.3. The summed E-state index contributed by atoms with van der Waals surface area (Å²) in [6, 6.07) is 16.6. The highest BCUT2D eigenvalue weighted by atomic mass is 16.6. The van der Waals surface area contributed by atoms with Gasteiger partial charge in [-0.3, -0.25) is 19.9 Å². The van der Waals surface area contributed by atoms with Gasteiger partial charge in [-0.05, 0) is 36.4 Å². The second-order valence-electron chi connectivity index (χ2n) is 5.69. The molecule has 3 rings (SSSR count). The van der Waals surface area contributed by atoms with E-state index in [0.717, 1.165) is 11.1 Å². The van der Waals surface area contributed by atoms with Gasteiger partial charge in [0.15, 0.2) is 5.78 Å². The van der Waals surface area contributed by atoms with Crippen molar-refractivity contribution in [1.29, 1.82) is 0 Å². The van der Waals surface area contributed by atoms with Crippen LogP contribution in [-0.2, 0) is 6.61 Å². The van der Waals surface area contributed by atoms with E-state index in [4.69, 9.17) is 4.74 Å². The molecule has 6 heteroatoms. The van der Waals surface area contributed by atoms with Crippen LogP contribution in [0.25, 0.3) is 6.08 Å². The standard InChI is InChI=1S/C21H16N2O4/c24-20(17-7-10-19(11-8-17)23(25)26)12-9-18-5-1-2-6-21(18)27-15-16-4-3-13-22-14-16/h1-14H,15H2/b12-9+. The van der Waals surface area contributed by atoms with Crippen LogP contribution in [0.1, 0.15) is 21.5 Å². The number of nitro benzene ring substituents is 1. The van der Waals surface area contributed by atoms with Crippen LogP contribution >= 0.6 is 0 Å². The molecule has 0 fully saturated rings. The minimum absolute atomic E-state index is 0.0512. The summed E-state index contributed by atoms with van der Waals surface area (Å²) in [4.78, 5) is 26.5. The number of nitrogens with zero attached hydrogens (tertiary/aromatic N) is 2. The molecule has 0 aliphatic heterocycles. The first-order valence-electron chi connectivity index (χ1n) is 8.21. The molecule has 0 unspecified atom stereocenters. The largest absolute Gasteiger partial charge is 0.488 e. The Labute approximate surface area is 155 Å². The summed E-state index contributed by atoms with van der Waals surface area (Å²) >= 11 is 0. The number of hydrogen-bond donors (Lipinski definition) is 0. The van der Waals surface area contributed by atoms with Crippen molar-refractivity contribution in [2.45, 2.75) is 6.61 Å². The molecule has 0 bridgehead atoms. The number of hydrogen-bond acceptors (Lipinski definition) is 5. The van der Waals surface area contributed by atoms with Gasteiger partial charge in [0.05, 0.1) is 4.92 Å². The fourth-order valence-electron chi connectivity index (χ4n) is 2.40. The number of para-hydroxylation sites is 1. The van der Waals surface area contributed by atoms with Gasteiger partial charge in [-0.15, -0.1) is 0 Å². The Morgan fingerprint density at radius 2 is 1.85 bits per heavy atom. The first-order chi connectivity index (χ1) is 13.1. The smallest absolute Gasteiger partial charge is 0.269 e. The number of ether oxygens (including phenoxy) is 1. The van der Waals surface area contributed by atoms with Crippen molar-refractivity contribution in [1.82, 2.24) is 4.98 Å². The number of carbonyl (C=O) groups is 1. The van der Waals surface area contributed by atoms with E-state index in [2.05, 4.69) is 4.98 Å². The lowest BCUT2D eigenvalue weighted by molar-refractivity contribution is -0.384. The second kappa shape index (κ2) is 8.53. The van der Waals surface area contributed by atoms with E-state index in [9.17, 15) is 14.9 Å². The molecule has 0 saturated carbocycles. The average molecular weight is 360 g/mol. The summed E-state index contributed by atoms with van der Waals surface area (Å²) in [7, 11) is 0. The van der Waals surface area contributed by atoms with E-state index in [0.29, 0.717) is 17.9 Å². The molecule has 0 aliphatic carbocycles. The highest BCUT2D eigenvalue weighted by molar-refractivity contribution is 6.07. The SMILES string of the molecule is O=C(/C=C/c1ccccc1OCc1cccnc1)c1ccc([N+](=O)[O-])cc1. The molecule has 0 spiro atoms. The van der Waals surface area contributed by atoms with E-state index < -0.39 is 4.92 Å². The molecule has 27 heavy (non-hydrogen) atoms. The van der Waals surface area contributed by atoms with Gasteiger partial charge in [0.2, 0.25) is 0 Å². The van der Waals surface area contributed by atoms with Gasteiger partial charge in [-0.25, -0.2) is 0 Å². The summed E-state index contributed by atoms with van der Waals surface area (Å²) in [6.07, 6.45) is 6.52. The van der Waals surface area contributed by atoms with E-state index in [1.165, 1.54) is 30.3 Å². The lowest BCUT2D eigenvalue weighted by atomic mass is 10.1. The number of non-ortho nitro benzene ring substituents is 1. The molecule has 0 amide bonds. The van der Waals surface area contributed by atoms with Gasteiger partial charge in [-0.1, -0.05) is 24.3 Å². The first kappa shape index (κ1) is 18.0. The van der Waals surface area contributed by atoms with E-state index in [-0.39, 0.29) is 11.5 Å². The van der Waals surface area contributed by atoms with Crippen LogP contribution < -0.4 is 4.74 Å². The van der Waals surface area contributed by atoms with Crippen molar-refractivity contribution < 1.29 is 14.5 Å². The number of allylic oxidation sites excluding steroid dienone is 1. The predicted molar refractivity (Wildman–Crippen MR) is 101 cm³/mol. The number of carbonyl (C=O) groups excluding carboxylic acids is 1. The second-order valence-corrected chi connectivity index (χ2v) is 5.69. The number of ketones is 1. The molecule has 6 nitrogen and oxygen atoms in total. The fraction of sp³-hybridized carbons (Fsp3) is 0.0476. The van der Waals surface area contributed by atoms with Crippen molar-refractivity contribution in [3.63, 3.8) is 0 Å². The molecule has 0 N–H and O–H groups in total. The number of rotatable bonds is 7. The van der Waals surface area contributed by atoms with Crippen LogP contribution in [0.5, 0.6) is 5.75 Å². The maximum atomic E-state index is 12.3. The Kier molecular flexibility index (Phi) is 5.69. The summed E-state index contributed by atoms with van der Waals surface area (Å²) in [5.74, 6) is 0.404. The molecule has 1 heterocycles. The first-order valence-corrected chi connectivity index (χ1v) is 8.21. The molecule has 134 valence electrons. The minimum Gasteiger partial charge on any atom is -0.488 e. The Balaban J connectivity index is 1.71. The van der Waals surface area contributed by atoms with Crippen LogP contribution in [-0.4, -0.2) is 15.7 Å². The van der Waals surface area contributed by atoms with Gasteiger partial charge in [0.25, 0.3) is 5.69 Å². The molecule has 1 aromatic heterocycles. The molecule has 0 radical (unpaired) electrons. The zero-order valence-corrected chi connectivity index (χ0v) is 14.3. The molecule has 0 saturated heterocycles. The highest BCUT2D eigenvalue weighted by Gasteiger charge is 2.08. The summed E-state index contributed by atoms with van der Waals surface area (Å²) in [6.45, 7) is 0.370. The van der Waals surface area contributed by atoms with Gasteiger partial charge >= 0.3 is 0 Å². The number of aromatic nitrogens is 1. The van der Waals surface area contributed by atoms with Crippen molar-refractivity contribution >= 4 is 17.5 Å². The third kappa shape index (κ3) is 4.85. The van der Waals surface area contributed by atoms with Crippen LogP contribution in [0.3, 0.4) is 0 Å². The molecule has 3 aromatic rings. The van der Waals surface area contributed by atoms with Crippen molar-refractivity contribution in [2.24, 2.45) is 0 Å². The summed E-state index contributed by atoms with van der Waals surface area (Å²) in [5.41, 5.74) is 2.03. The minimum atomic E-state index is -0.500. The van der Waals surface area contributed by atoms with Crippen molar-refractivity contribution in [3.8, 4) is 5.75 Å². The normalized spacial score (nSPS) is 10.7. The van der Waals surface area contributed by atoms with Crippen LogP contribution in [0.4, 0.5) is 5.69 Å². The van der Waals surface area contributed by atoms with Gasteiger partial charge in [0, 0.05) is 41.2 Å². The molecule has 2 aromatic carbocycles. The van der Waals surface area contributed by atoms with E-state index >= 15 is 0 Å². The van der Waals surface area contributed by atoms with Gasteiger partial charge in [0.1, 0.15) is 12.4 Å². The van der Waals surface area contributed by atoms with Crippen LogP contribution in [0.2, 0.25) is 0 Å². The van der Waals surface area contributed by atoms with Crippen molar-refractivity contribution in [2.75, 3.05) is 0 Å². The molecule has 0 aliphatic rings. The van der Waals surface area contributed by atoms with Crippen LogP contribution in [0, 0.1) is 10.1 Å². The topological polar surface area (TPSA) is 82.3 Å². The number of nitro groups is 1. The monoisotopic (exact) mass is 360 g/mol. The summed E-state index contributed by atoms with van der Waals surface area (Å²) in [5, 5.41) is 10.7. The van der Waals surface area contributed by atoms with E-state index in [1.54, 1.807) is 18.5 Å². The average Bonchev–Trinajstić information content (AvgIpc) is 2.72. The Morgan fingerprint density at radius 3 is 2.56 bits per heavy atom. The lowest BCUT2D eigenvalue weighted by Gasteiger charge is -2.09. The van der Waals surface area contributed by atoms with Crippen molar-refractivity contribution in [3.05, 3.63) is 106 Å². The Morgan fingerprint density at radius 1 is 1.07 bits per heavy atom. The summed E-state index contributed by atoms with van der Waals surface area (Å²) < 4.78 is 5.83. The Hall–Kier alpha value is -3.80. The zero-order valence-electron chi connectivity index (χ0n) is 14.3. The predicted octanol–water partition coefficient (Wildman–Crippen LogP) is 4.46. The van der Waals surface area contributed by atoms with E-state index in [1.807, 2.05) is 36.4 Å². The third-order valence-corrected chi connectivity index (χ3v) is 3.81. The highest BCUT2D eigenvalue weighted by Crippen LogP contribution is 2.21. The fourth-order valence-corrected chi connectivity index (χ4v) is 2.40. The molecule has 0 atom stereocenters. The molecular weight excluding hydrogens is 344 g/mol. The van der Waals surface area contributed by atoms with Gasteiger partial charge in [-0.2, -0.15) is 0 Å². The lowest BCUT2D eigenvalue weighted by Crippen LogP contribution is -1.98. The third-order valence-electron chi connectivity index (χ3n) is 3.81. The Bertz CT molecular complexity index is 967. The number of benzene rings is 2. The maximum Gasteiger partial charge on any atom is 0.269 e.